The maximum atomic E-state index is 12.7. The molecule has 1 amide bonds. The second-order valence-electron chi connectivity index (χ2n) is 6.07. The maximum absolute atomic E-state index is 12.7. The number of hydrogen-bond donors (Lipinski definition) is 0. The Labute approximate surface area is 151 Å². The lowest BCUT2D eigenvalue weighted by Crippen LogP contribution is -2.37. The normalized spacial score (nSPS) is 13.1. The number of ether oxygens (including phenoxy) is 1. The summed E-state index contributed by atoms with van der Waals surface area (Å²) in [4.78, 5) is 29.0. The highest BCUT2D eigenvalue weighted by Gasteiger charge is 2.22. The van der Waals surface area contributed by atoms with Crippen molar-refractivity contribution in [2.75, 3.05) is 24.6 Å². The molecule has 0 saturated carbocycles. The summed E-state index contributed by atoms with van der Waals surface area (Å²) >= 11 is 0. The molecule has 0 N–H and O–H groups in total. The predicted octanol–water partition coefficient (Wildman–Crippen LogP) is 3.06. The minimum absolute atomic E-state index is 0.0314. The molecule has 0 atom stereocenters. The molecule has 0 aliphatic carbocycles. The number of nitro benzene ring substituents is 1. The molecule has 26 heavy (non-hydrogen) atoms. The summed E-state index contributed by atoms with van der Waals surface area (Å²) in [5.74, 6) is 0.458. The Morgan fingerprint density at radius 2 is 2.12 bits per heavy atom. The highest BCUT2D eigenvalue weighted by Crippen LogP contribution is 2.26. The number of benzodiazepines with no additional fused rings is 1. The lowest BCUT2D eigenvalue weighted by atomic mass is 10.1. The van der Waals surface area contributed by atoms with Gasteiger partial charge in [0.25, 0.3) is 11.6 Å². The Balaban J connectivity index is 1.80. The summed E-state index contributed by atoms with van der Waals surface area (Å²) in [6.45, 7) is 4.65. The molecule has 134 valence electrons. The summed E-state index contributed by atoms with van der Waals surface area (Å²) in [6, 6.07) is 10.1. The van der Waals surface area contributed by atoms with E-state index < -0.39 is 4.92 Å². The fourth-order valence-corrected chi connectivity index (χ4v) is 2.80. The molecular formula is C19H19N3O4. The molecule has 0 saturated heterocycles. The predicted molar refractivity (Wildman–Crippen MR) is 99.3 cm³/mol. The number of non-ortho nitro benzene ring substituents is 1. The Morgan fingerprint density at radius 3 is 2.88 bits per heavy atom. The van der Waals surface area contributed by atoms with E-state index in [1.165, 1.54) is 12.1 Å². The number of nitro groups is 1. The molecule has 1 aliphatic heterocycles. The van der Waals surface area contributed by atoms with Crippen molar-refractivity contribution < 1.29 is 14.5 Å². The van der Waals surface area contributed by atoms with Gasteiger partial charge >= 0.3 is 0 Å². The molecule has 0 radical (unpaired) electrons. The van der Waals surface area contributed by atoms with Crippen molar-refractivity contribution in [3.63, 3.8) is 0 Å². The summed E-state index contributed by atoms with van der Waals surface area (Å²) in [6.07, 6.45) is 1.57. The minimum atomic E-state index is -0.463. The Bertz CT molecular complexity index is 892. The maximum Gasteiger partial charge on any atom is 0.270 e. The van der Waals surface area contributed by atoms with Gasteiger partial charge in [-0.25, -0.2) is 0 Å². The zero-order valence-corrected chi connectivity index (χ0v) is 14.6. The second-order valence-corrected chi connectivity index (χ2v) is 6.07. The van der Waals surface area contributed by atoms with E-state index in [4.69, 9.17) is 4.74 Å². The molecule has 2 aromatic rings. The van der Waals surface area contributed by atoms with Crippen LogP contribution in [0.1, 0.15) is 16.7 Å². The van der Waals surface area contributed by atoms with Crippen molar-refractivity contribution in [1.29, 1.82) is 0 Å². The largest absolute Gasteiger partial charge is 0.483 e. The van der Waals surface area contributed by atoms with Crippen LogP contribution in [-0.4, -0.2) is 36.7 Å². The van der Waals surface area contributed by atoms with Gasteiger partial charge in [-0.1, -0.05) is 12.1 Å². The minimum Gasteiger partial charge on any atom is -0.483 e. The van der Waals surface area contributed by atoms with Crippen LogP contribution in [0.25, 0.3) is 0 Å². The number of carbonyl (C=O) groups excluding carboxylic acids is 1. The van der Waals surface area contributed by atoms with E-state index in [0.717, 1.165) is 11.1 Å². The van der Waals surface area contributed by atoms with E-state index in [2.05, 4.69) is 4.99 Å². The number of aliphatic imine (C=N–C) groups is 1. The Kier molecular flexibility index (Phi) is 4.97. The molecule has 0 fully saturated rings. The van der Waals surface area contributed by atoms with Crippen LogP contribution in [0.5, 0.6) is 5.75 Å². The molecule has 3 rings (SSSR count). The summed E-state index contributed by atoms with van der Waals surface area (Å²) in [5, 5.41) is 11.0. The topological polar surface area (TPSA) is 85.0 Å². The van der Waals surface area contributed by atoms with Crippen LogP contribution in [0.4, 0.5) is 11.4 Å². The number of aryl methyl sites for hydroxylation is 1. The number of amides is 1. The molecule has 0 bridgehead atoms. The zero-order chi connectivity index (χ0) is 18.7. The van der Waals surface area contributed by atoms with Crippen molar-refractivity contribution in [2.24, 2.45) is 4.99 Å². The van der Waals surface area contributed by atoms with Crippen molar-refractivity contribution in [1.82, 2.24) is 0 Å². The van der Waals surface area contributed by atoms with Gasteiger partial charge in [0.15, 0.2) is 6.61 Å². The second kappa shape index (κ2) is 7.35. The standard InChI is InChI=1S/C19H19N3O4/c1-13-4-3-5-18(14(13)2)26-12-19(23)21-9-8-20-11-15-10-16(22(24)25)6-7-17(15)21/h3-7,10-11H,8-9,12H2,1-2H3. The molecule has 7 heteroatoms. The molecule has 7 nitrogen and oxygen atoms in total. The monoisotopic (exact) mass is 353 g/mol. The highest BCUT2D eigenvalue weighted by atomic mass is 16.6. The fraction of sp³-hybridized carbons (Fsp3) is 0.263. The van der Waals surface area contributed by atoms with Crippen LogP contribution in [-0.2, 0) is 4.79 Å². The average Bonchev–Trinajstić information content (AvgIpc) is 2.84. The van der Waals surface area contributed by atoms with Gasteiger partial charge in [0.2, 0.25) is 0 Å². The smallest absolute Gasteiger partial charge is 0.270 e. The summed E-state index contributed by atoms with van der Waals surface area (Å²) in [7, 11) is 0. The third-order valence-corrected chi connectivity index (χ3v) is 4.40. The third kappa shape index (κ3) is 3.56. The van der Waals surface area contributed by atoms with Crippen LogP contribution < -0.4 is 9.64 Å². The fourth-order valence-electron chi connectivity index (χ4n) is 2.80. The first-order chi connectivity index (χ1) is 12.5. The Hall–Kier alpha value is -3.22. The lowest BCUT2D eigenvalue weighted by molar-refractivity contribution is -0.384. The van der Waals surface area contributed by atoms with Gasteiger partial charge in [0.1, 0.15) is 5.75 Å². The van der Waals surface area contributed by atoms with E-state index >= 15 is 0 Å². The van der Waals surface area contributed by atoms with Gasteiger partial charge in [-0.3, -0.25) is 19.9 Å². The average molecular weight is 353 g/mol. The molecule has 1 heterocycles. The number of nitrogens with zero attached hydrogens (tertiary/aromatic N) is 3. The van der Waals surface area contributed by atoms with Crippen LogP contribution in [0.15, 0.2) is 41.4 Å². The van der Waals surface area contributed by atoms with Gasteiger partial charge in [-0.2, -0.15) is 0 Å². The zero-order valence-electron chi connectivity index (χ0n) is 14.6. The lowest BCUT2D eigenvalue weighted by Gasteiger charge is -2.22. The number of anilines is 1. The van der Waals surface area contributed by atoms with Crippen molar-refractivity contribution >= 4 is 23.5 Å². The first kappa shape index (κ1) is 17.6. The van der Waals surface area contributed by atoms with Gasteiger partial charge in [-0.15, -0.1) is 0 Å². The number of benzene rings is 2. The first-order valence-corrected chi connectivity index (χ1v) is 8.25. The quantitative estimate of drug-likeness (QED) is 0.624. The number of rotatable bonds is 4. The Morgan fingerprint density at radius 1 is 1.31 bits per heavy atom. The highest BCUT2D eigenvalue weighted by molar-refractivity contribution is 6.01. The number of fused-ring (bicyclic) bond motifs is 1. The molecule has 1 aliphatic rings. The SMILES string of the molecule is Cc1cccc(OCC(=O)N2CCN=Cc3cc([N+](=O)[O-])ccc32)c1C. The van der Waals surface area contributed by atoms with E-state index in [9.17, 15) is 14.9 Å². The van der Waals surface area contributed by atoms with Crippen LogP contribution in [0.2, 0.25) is 0 Å². The number of carbonyl (C=O) groups is 1. The van der Waals surface area contributed by atoms with Crippen LogP contribution in [0, 0.1) is 24.0 Å². The van der Waals surface area contributed by atoms with Crippen LogP contribution in [0.3, 0.4) is 0 Å². The third-order valence-electron chi connectivity index (χ3n) is 4.40. The number of hydrogen-bond acceptors (Lipinski definition) is 5. The molecule has 0 spiro atoms. The van der Waals surface area contributed by atoms with Crippen molar-refractivity contribution in [2.45, 2.75) is 13.8 Å². The van der Waals surface area contributed by atoms with E-state index in [1.807, 2.05) is 32.0 Å². The summed E-state index contributed by atoms with van der Waals surface area (Å²) in [5.41, 5.74) is 3.21. The van der Waals surface area contributed by atoms with E-state index in [0.29, 0.717) is 30.1 Å². The summed E-state index contributed by atoms with van der Waals surface area (Å²) < 4.78 is 5.71. The van der Waals surface area contributed by atoms with Crippen molar-refractivity contribution in [3.05, 3.63) is 63.2 Å². The molecule has 2 aromatic carbocycles. The van der Waals surface area contributed by atoms with Crippen LogP contribution >= 0.6 is 0 Å². The molecule has 0 unspecified atom stereocenters. The van der Waals surface area contributed by atoms with E-state index in [-0.39, 0.29) is 18.2 Å². The van der Waals surface area contributed by atoms with Gasteiger partial charge in [0.05, 0.1) is 17.2 Å². The van der Waals surface area contributed by atoms with E-state index in [1.54, 1.807) is 17.2 Å². The van der Waals surface area contributed by atoms with Crippen molar-refractivity contribution in [3.8, 4) is 5.75 Å². The van der Waals surface area contributed by atoms with Gasteiger partial charge < -0.3 is 9.64 Å². The van der Waals surface area contributed by atoms with Gasteiger partial charge in [-0.05, 0) is 37.1 Å². The molecular weight excluding hydrogens is 334 g/mol. The first-order valence-electron chi connectivity index (χ1n) is 8.25. The van der Waals surface area contributed by atoms with Gasteiger partial charge in [0, 0.05) is 30.5 Å². The molecule has 0 aromatic heterocycles.